The van der Waals surface area contributed by atoms with Crippen molar-refractivity contribution in [2.45, 2.75) is 59.4 Å². The van der Waals surface area contributed by atoms with E-state index >= 15 is 0 Å². The molecule has 1 atom stereocenters. The SMILES string of the molecule is Cc1cccc([C@@H](NC(=O)CCC(C)(C)C)C2CC2)n1. The van der Waals surface area contributed by atoms with E-state index in [0.717, 1.165) is 17.8 Å². The van der Waals surface area contributed by atoms with Gasteiger partial charge in [0.1, 0.15) is 0 Å². The third-order valence-electron chi connectivity index (χ3n) is 3.74. The summed E-state index contributed by atoms with van der Waals surface area (Å²) in [5.74, 6) is 0.725. The quantitative estimate of drug-likeness (QED) is 0.887. The normalized spacial score (nSPS) is 16.8. The van der Waals surface area contributed by atoms with Gasteiger partial charge in [-0.1, -0.05) is 26.8 Å². The number of carbonyl (C=O) groups excluding carboxylic acids is 1. The highest BCUT2D eigenvalue weighted by atomic mass is 16.1. The van der Waals surface area contributed by atoms with Crippen LogP contribution in [0.5, 0.6) is 0 Å². The van der Waals surface area contributed by atoms with E-state index in [4.69, 9.17) is 0 Å². The highest BCUT2D eigenvalue weighted by molar-refractivity contribution is 5.76. The summed E-state index contributed by atoms with van der Waals surface area (Å²) in [6, 6.07) is 6.14. The summed E-state index contributed by atoms with van der Waals surface area (Å²) < 4.78 is 0. The highest BCUT2D eigenvalue weighted by Crippen LogP contribution is 2.40. The number of aryl methyl sites for hydroxylation is 1. The topological polar surface area (TPSA) is 42.0 Å². The van der Waals surface area contributed by atoms with Gasteiger partial charge in [0.2, 0.25) is 5.91 Å². The molecular weight excluding hydrogens is 248 g/mol. The molecule has 3 heteroatoms. The molecule has 1 aliphatic rings. The van der Waals surface area contributed by atoms with Gasteiger partial charge >= 0.3 is 0 Å². The van der Waals surface area contributed by atoms with Crippen molar-refractivity contribution in [1.29, 1.82) is 0 Å². The molecule has 0 aliphatic heterocycles. The van der Waals surface area contributed by atoms with E-state index in [2.05, 4.69) is 31.1 Å². The molecule has 3 nitrogen and oxygen atoms in total. The minimum atomic E-state index is 0.0994. The van der Waals surface area contributed by atoms with Crippen LogP contribution in [0.15, 0.2) is 18.2 Å². The van der Waals surface area contributed by atoms with Crippen molar-refractivity contribution in [2.24, 2.45) is 11.3 Å². The minimum Gasteiger partial charge on any atom is -0.347 e. The monoisotopic (exact) mass is 274 g/mol. The number of nitrogens with one attached hydrogen (secondary N) is 1. The first kappa shape index (κ1) is 15.0. The second kappa shape index (κ2) is 5.94. The van der Waals surface area contributed by atoms with Crippen LogP contribution >= 0.6 is 0 Å². The Hall–Kier alpha value is -1.38. The summed E-state index contributed by atoms with van der Waals surface area (Å²) in [5, 5.41) is 3.19. The van der Waals surface area contributed by atoms with Crippen LogP contribution in [0, 0.1) is 18.3 Å². The van der Waals surface area contributed by atoms with Gasteiger partial charge in [0.15, 0.2) is 0 Å². The standard InChI is InChI=1S/C17H26N2O/c1-12-6-5-7-14(18-12)16(13-8-9-13)19-15(20)10-11-17(2,3)4/h5-7,13,16H,8-11H2,1-4H3,(H,19,20)/t16-/m0/s1. The Morgan fingerprint density at radius 1 is 1.40 bits per heavy atom. The first-order chi connectivity index (χ1) is 9.35. The van der Waals surface area contributed by atoms with E-state index in [1.165, 1.54) is 12.8 Å². The van der Waals surface area contributed by atoms with Gasteiger partial charge in [-0.3, -0.25) is 9.78 Å². The summed E-state index contributed by atoms with van der Waals surface area (Å²) in [6.07, 6.45) is 3.90. The molecule has 0 aromatic carbocycles. The van der Waals surface area contributed by atoms with Gasteiger partial charge in [0.25, 0.3) is 0 Å². The lowest BCUT2D eigenvalue weighted by Gasteiger charge is -2.21. The largest absolute Gasteiger partial charge is 0.347 e. The number of rotatable bonds is 5. The predicted molar refractivity (Wildman–Crippen MR) is 81.3 cm³/mol. The minimum absolute atomic E-state index is 0.0994. The molecule has 1 N–H and O–H groups in total. The van der Waals surface area contributed by atoms with Crippen LogP contribution in [-0.2, 0) is 4.79 Å². The lowest BCUT2D eigenvalue weighted by molar-refractivity contribution is -0.122. The summed E-state index contributed by atoms with van der Waals surface area (Å²) in [4.78, 5) is 16.7. The van der Waals surface area contributed by atoms with Gasteiger partial charge in [0, 0.05) is 12.1 Å². The number of amides is 1. The highest BCUT2D eigenvalue weighted by Gasteiger charge is 2.34. The molecule has 1 amide bonds. The lowest BCUT2D eigenvalue weighted by atomic mass is 9.90. The molecule has 1 aromatic heterocycles. The predicted octanol–water partition coefficient (Wildman–Crippen LogP) is 3.78. The Balaban J connectivity index is 1.98. The summed E-state index contributed by atoms with van der Waals surface area (Å²) in [6.45, 7) is 8.50. The van der Waals surface area contributed by atoms with Crippen LogP contribution in [0.25, 0.3) is 0 Å². The zero-order valence-electron chi connectivity index (χ0n) is 13.1. The van der Waals surface area contributed by atoms with Crippen molar-refractivity contribution < 1.29 is 4.79 Å². The van der Waals surface area contributed by atoms with Gasteiger partial charge < -0.3 is 5.32 Å². The third kappa shape index (κ3) is 4.62. The lowest BCUT2D eigenvalue weighted by Crippen LogP contribution is -2.31. The van der Waals surface area contributed by atoms with Crippen LogP contribution in [0.1, 0.15) is 63.9 Å². The van der Waals surface area contributed by atoms with Crippen molar-refractivity contribution in [3.05, 3.63) is 29.6 Å². The second-order valence-corrected chi connectivity index (χ2v) is 7.15. The zero-order chi connectivity index (χ0) is 14.8. The second-order valence-electron chi connectivity index (χ2n) is 7.15. The molecule has 1 aliphatic carbocycles. The number of hydrogen-bond acceptors (Lipinski definition) is 2. The molecule has 0 saturated heterocycles. The first-order valence-electron chi connectivity index (χ1n) is 7.58. The van der Waals surface area contributed by atoms with E-state index in [1.54, 1.807) is 0 Å². The Morgan fingerprint density at radius 2 is 2.10 bits per heavy atom. The fourth-order valence-corrected chi connectivity index (χ4v) is 2.33. The van der Waals surface area contributed by atoms with Crippen LogP contribution in [0.3, 0.4) is 0 Å². The number of pyridine rings is 1. The molecule has 20 heavy (non-hydrogen) atoms. The van der Waals surface area contributed by atoms with Crippen LogP contribution in [-0.4, -0.2) is 10.9 Å². The van der Waals surface area contributed by atoms with E-state index in [0.29, 0.717) is 12.3 Å². The molecule has 0 bridgehead atoms. The Bertz CT molecular complexity index is 472. The average molecular weight is 274 g/mol. The Morgan fingerprint density at radius 3 is 2.65 bits per heavy atom. The fraction of sp³-hybridized carbons (Fsp3) is 0.647. The van der Waals surface area contributed by atoms with Crippen molar-refractivity contribution in [3.8, 4) is 0 Å². The molecular formula is C17H26N2O. The first-order valence-corrected chi connectivity index (χ1v) is 7.58. The molecule has 110 valence electrons. The molecule has 1 fully saturated rings. The molecule has 2 rings (SSSR count). The molecule has 1 aromatic rings. The fourth-order valence-electron chi connectivity index (χ4n) is 2.33. The van der Waals surface area contributed by atoms with Crippen LogP contribution in [0.4, 0.5) is 0 Å². The van der Waals surface area contributed by atoms with Crippen molar-refractivity contribution in [2.75, 3.05) is 0 Å². The summed E-state index contributed by atoms with van der Waals surface area (Å²) in [5.41, 5.74) is 2.22. The van der Waals surface area contributed by atoms with E-state index in [1.807, 2.05) is 25.1 Å². The maximum absolute atomic E-state index is 12.2. The number of carbonyl (C=O) groups is 1. The zero-order valence-corrected chi connectivity index (χ0v) is 13.1. The molecule has 0 radical (unpaired) electrons. The van der Waals surface area contributed by atoms with Crippen LogP contribution < -0.4 is 5.32 Å². The average Bonchev–Trinajstić information content (AvgIpc) is 3.17. The van der Waals surface area contributed by atoms with Gasteiger partial charge in [-0.15, -0.1) is 0 Å². The van der Waals surface area contributed by atoms with Crippen molar-refractivity contribution in [3.63, 3.8) is 0 Å². The molecule has 0 spiro atoms. The third-order valence-corrected chi connectivity index (χ3v) is 3.74. The van der Waals surface area contributed by atoms with E-state index in [9.17, 15) is 4.79 Å². The van der Waals surface area contributed by atoms with E-state index < -0.39 is 0 Å². The van der Waals surface area contributed by atoms with Crippen LogP contribution in [0.2, 0.25) is 0 Å². The molecule has 1 saturated carbocycles. The number of nitrogens with zero attached hydrogens (tertiary/aromatic N) is 1. The van der Waals surface area contributed by atoms with E-state index in [-0.39, 0.29) is 17.4 Å². The summed E-state index contributed by atoms with van der Waals surface area (Å²) >= 11 is 0. The van der Waals surface area contributed by atoms with Gasteiger partial charge in [-0.2, -0.15) is 0 Å². The van der Waals surface area contributed by atoms with Crippen molar-refractivity contribution in [1.82, 2.24) is 10.3 Å². The number of hydrogen-bond donors (Lipinski definition) is 1. The van der Waals surface area contributed by atoms with Gasteiger partial charge in [-0.05, 0) is 49.7 Å². The smallest absolute Gasteiger partial charge is 0.220 e. The van der Waals surface area contributed by atoms with Crippen molar-refractivity contribution >= 4 is 5.91 Å². The van der Waals surface area contributed by atoms with Gasteiger partial charge in [-0.25, -0.2) is 0 Å². The van der Waals surface area contributed by atoms with Gasteiger partial charge in [0.05, 0.1) is 11.7 Å². The molecule has 1 heterocycles. The summed E-state index contributed by atoms with van der Waals surface area (Å²) in [7, 11) is 0. The Kier molecular flexibility index (Phi) is 4.46. The molecule has 0 unspecified atom stereocenters. The Labute approximate surface area is 122 Å². The maximum Gasteiger partial charge on any atom is 0.220 e. The maximum atomic E-state index is 12.2. The number of aromatic nitrogens is 1.